The van der Waals surface area contributed by atoms with E-state index in [9.17, 15) is 14.7 Å². The first-order valence-corrected chi connectivity index (χ1v) is 15.0. The summed E-state index contributed by atoms with van der Waals surface area (Å²) >= 11 is 0. The summed E-state index contributed by atoms with van der Waals surface area (Å²) in [5, 5.41) is 10.4. The van der Waals surface area contributed by atoms with E-state index in [-0.39, 0.29) is 23.9 Å². The van der Waals surface area contributed by atoms with Gasteiger partial charge in [-0.25, -0.2) is 0 Å². The minimum absolute atomic E-state index is 0.0681. The molecule has 0 heterocycles. The van der Waals surface area contributed by atoms with Gasteiger partial charge in [0.05, 0.1) is 11.8 Å². The van der Waals surface area contributed by atoms with Crippen molar-refractivity contribution >= 4 is 11.9 Å². The molecular formula is C31H44O4. The van der Waals surface area contributed by atoms with Gasteiger partial charge in [-0.3, -0.25) is 9.59 Å². The number of aliphatic carboxylic acids is 1. The summed E-state index contributed by atoms with van der Waals surface area (Å²) in [6.45, 7) is 9.74. The average molecular weight is 481 g/mol. The van der Waals surface area contributed by atoms with Crippen LogP contribution in [0.2, 0.25) is 0 Å². The molecule has 9 saturated carbocycles. The molecule has 35 heavy (non-hydrogen) atoms. The third-order valence-corrected chi connectivity index (χ3v) is 13.8. The van der Waals surface area contributed by atoms with Gasteiger partial charge in [-0.2, -0.15) is 0 Å². The molecule has 0 amide bonds. The van der Waals surface area contributed by atoms with Gasteiger partial charge in [0.2, 0.25) is 0 Å². The third-order valence-electron chi connectivity index (χ3n) is 13.8. The molecule has 0 aromatic heterocycles. The summed E-state index contributed by atoms with van der Waals surface area (Å²) in [5.74, 6) is 5.37. The molecule has 0 radical (unpaired) electrons. The number of hydrogen-bond donors (Lipinski definition) is 1. The molecule has 9 unspecified atom stereocenters. The van der Waals surface area contributed by atoms with E-state index < -0.39 is 17.8 Å². The van der Waals surface area contributed by atoms with E-state index in [0.717, 1.165) is 30.1 Å². The van der Waals surface area contributed by atoms with Crippen LogP contribution >= 0.6 is 0 Å². The zero-order chi connectivity index (χ0) is 24.2. The molecule has 0 aliphatic heterocycles. The lowest BCUT2D eigenvalue weighted by Crippen LogP contribution is -2.62. The quantitative estimate of drug-likeness (QED) is 0.510. The molecule has 4 heteroatoms. The number of ether oxygens (including phenoxy) is 1. The molecule has 192 valence electrons. The molecule has 8 bridgehead atoms. The number of esters is 1. The molecular weight excluding hydrogens is 436 g/mol. The highest BCUT2D eigenvalue weighted by molar-refractivity contribution is 5.83. The molecule has 9 aliphatic carbocycles. The van der Waals surface area contributed by atoms with Crippen molar-refractivity contribution in [3.05, 3.63) is 0 Å². The van der Waals surface area contributed by atoms with Crippen molar-refractivity contribution in [2.45, 2.75) is 85.2 Å². The third kappa shape index (κ3) is 2.52. The van der Waals surface area contributed by atoms with Crippen molar-refractivity contribution in [2.75, 3.05) is 0 Å². The van der Waals surface area contributed by atoms with E-state index in [1.807, 2.05) is 0 Å². The Labute approximate surface area is 210 Å². The van der Waals surface area contributed by atoms with Crippen LogP contribution in [0.25, 0.3) is 0 Å². The van der Waals surface area contributed by atoms with Crippen molar-refractivity contribution in [1.82, 2.24) is 0 Å². The highest BCUT2D eigenvalue weighted by Crippen LogP contribution is 2.86. The van der Waals surface area contributed by atoms with Crippen molar-refractivity contribution in [2.24, 2.45) is 93.7 Å². The monoisotopic (exact) mass is 480 g/mol. The van der Waals surface area contributed by atoms with Crippen molar-refractivity contribution < 1.29 is 19.4 Å². The second-order valence-electron chi connectivity index (χ2n) is 16.0. The van der Waals surface area contributed by atoms with Crippen molar-refractivity contribution in [3.63, 3.8) is 0 Å². The summed E-state index contributed by atoms with van der Waals surface area (Å²) in [6.07, 6.45) is 9.92. The van der Waals surface area contributed by atoms with E-state index in [1.165, 1.54) is 44.9 Å². The van der Waals surface area contributed by atoms with Crippen LogP contribution in [0.4, 0.5) is 0 Å². The fraction of sp³-hybridized carbons (Fsp3) is 0.935. The van der Waals surface area contributed by atoms with Gasteiger partial charge in [0.25, 0.3) is 0 Å². The molecule has 9 aliphatic rings. The van der Waals surface area contributed by atoms with Crippen LogP contribution in [0.1, 0.15) is 79.1 Å². The Morgan fingerprint density at radius 1 is 0.886 bits per heavy atom. The van der Waals surface area contributed by atoms with Gasteiger partial charge in [-0.15, -0.1) is 0 Å². The first-order valence-electron chi connectivity index (χ1n) is 15.0. The second kappa shape index (κ2) is 6.68. The maximum Gasteiger partial charge on any atom is 0.310 e. The van der Waals surface area contributed by atoms with E-state index in [2.05, 4.69) is 27.7 Å². The number of carbonyl (C=O) groups excluding carboxylic acids is 1. The van der Waals surface area contributed by atoms with Crippen molar-refractivity contribution in [3.8, 4) is 0 Å². The molecule has 9 fully saturated rings. The summed E-state index contributed by atoms with van der Waals surface area (Å²) < 4.78 is 6.45. The minimum atomic E-state index is -0.727. The van der Waals surface area contributed by atoms with Crippen LogP contribution in [0.3, 0.4) is 0 Å². The van der Waals surface area contributed by atoms with Gasteiger partial charge in [0.1, 0.15) is 6.10 Å². The number of rotatable bonds is 4. The smallest absolute Gasteiger partial charge is 0.310 e. The van der Waals surface area contributed by atoms with Gasteiger partial charge in [0.15, 0.2) is 0 Å². The lowest BCUT2D eigenvalue weighted by atomic mass is 9.38. The van der Waals surface area contributed by atoms with Gasteiger partial charge < -0.3 is 9.84 Å². The van der Waals surface area contributed by atoms with Gasteiger partial charge in [0, 0.05) is 0 Å². The van der Waals surface area contributed by atoms with Crippen LogP contribution in [0.5, 0.6) is 0 Å². The zero-order valence-corrected chi connectivity index (χ0v) is 22.0. The van der Waals surface area contributed by atoms with E-state index in [1.54, 1.807) is 0 Å². The van der Waals surface area contributed by atoms with Crippen LogP contribution < -0.4 is 0 Å². The second-order valence-corrected chi connectivity index (χ2v) is 16.0. The highest BCUT2D eigenvalue weighted by atomic mass is 16.5. The lowest BCUT2D eigenvalue weighted by molar-refractivity contribution is -0.205. The minimum Gasteiger partial charge on any atom is -0.481 e. The number of carboxylic acids is 1. The first kappa shape index (κ1) is 22.0. The molecule has 0 saturated heterocycles. The predicted octanol–water partition coefficient (Wildman–Crippen LogP) is 5.89. The van der Waals surface area contributed by atoms with Crippen LogP contribution in [0, 0.1) is 93.7 Å². The lowest BCUT2D eigenvalue weighted by Gasteiger charge is -2.66. The molecule has 0 aromatic rings. The Bertz CT molecular complexity index is 954. The summed E-state index contributed by atoms with van der Waals surface area (Å²) in [6, 6.07) is 0. The molecule has 1 spiro atoms. The number of fused-ring (bicyclic) bond motifs is 7. The Morgan fingerprint density at radius 3 is 2.11 bits per heavy atom. The molecule has 10 atom stereocenters. The maximum atomic E-state index is 14.0. The van der Waals surface area contributed by atoms with Crippen LogP contribution in [0.15, 0.2) is 0 Å². The first-order chi connectivity index (χ1) is 16.6. The van der Waals surface area contributed by atoms with E-state index >= 15 is 0 Å². The molecule has 1 N–H and O–H groups in total. The van der Waals surface area contributed by atoms with Crippen LogP contribution in [-0.2, 0) is 14.3 Å². The Kier molecular flexibility index (Phi) is 4.19. The van der Waals surface area contributed by atoms with Gasteiger partial charge in [-0.1, -0.05) is 27.7 Å². The number of hydrogen-bond acceptors (Lipinski definition) is 3. The standard InChI is InChI=1S/C31H44O4/c1-13(2)21-20-11-31(12-30(3,4)27(21)31)25-19-10-18(22(20)25)23(28(32)33)24(19)29(34)35-26-16-6-14-5-15(8-16)9-17(26)7-14/h13-27H,5-12H2,1-4H3,(H,32,33)/t14?,15?,16?,17?,18?,19?,20?,21?,22?,23?,24-,25?,26?,27?,31?/m0/s1. The molecule has 4 nitrogen and oxygen atoms in total. The summed E-state index contributed by atoms with van der Waals surface area (Å²) in [5.41, 5.74) is 0.761. The Hall–Kier alpha value is -1.06. The predicted molar refractivity (Wildman–Crippen MR) is 131 cm³/mol. The van der Waals surface area contributed by atoms with Gasteiger partial charge in [-0.05, 0) is 133 Å². The Balaban J connectivity index is 1.11. The largest absolute Gasteiger partial charge is 0.481 e. The van der Waals surface area contributed by atoms with Crippen molar-refractivity contribution in [1.29, 1.82) is 0 Å². The zero-order valence-electron chi connectivity index (χ0n) is 22.0. The number of carbonyl (C=O) groups is 2. The van der Waals surface area contributed by atoms with E-state index in [4.69, 9.17) is 4.74 Å². The SMILES string of the molecule is CC(C)C1C2CC3(CC(C)(C)C13)C1C2C2CC1[C@H](C(=O)OC1C3CC4CC(C3)CC1C4)C2C(=O)O. The summed E-state index contributed by atoms with van der Waals surface area (Å²) in [7, 11) is 0. The molecule has 0 aromatic carbocycles. The molecule has 9 rings (SSSR count). The topological polar surface area (TPSA) is 63.6 Å². The number of carboxylic acid groups (broad SMARTS) is 1. The van der Waals surface area contributed by atoms with E-state index in [0.29, 0.717) is 46.3 Å². The maximum absolute atomic E-state index is 14.0. The highest BCUT2D eigenvalue weighted by Gasteiger charge is 2.82. The van der Waals surface area contributed by atoms with Gasteiger partial charge >= 0.3 is 11.9 Å². The summed E-state index contributed by atoms with van der Waals surface area (Å²) in [4.78, 5) is 26.7. The normalized spacial score (nSPS) is 59.5. The van der Waals surface area contributed by atoms with Crippen LogP contribution in [-0.4, -0.2) is 23.1 Å². The fourth-order valence-electron chi connectivity index (χ4n) is 14.2. The Morgan fingerprint density at radius 2 is 1.54 bits per heavy atom. The fourth-order valence-corrected chi connectivity index (χ4v) is 14.2. The average Bonchev–Trinajstić information content (AvgIpc) is 3.48.